The molecule has 5 heteroatoms. The van der Waals surface area contributed by atoms with E-state index in [1.165, 1.54) is 0 Å². The van der Waals surface area contributed by atoms with Crippen LogP contribution in [0.2, 0.25) is 0 Å². The fourth-order valence-electron chi connectivity index (χ4n) is 1.07. The summed E-state index contributed by atoms with van der Waals surface area (Å²) in [6.07, 6.45) is -3.91. The fraction of sp³-hybridized carbons (Fsp3) is 1.00. The second-order valence-electron chi connectivity index (χ2n) is 2.79. The van der Waals surface area contributed by atoms with E-state index < -0.39 is 30.6 Å². The third-order valence-corrected chi connectivity index (χ3v) is 1.91. The lowest BCUT2D eigenvalue weighted by Crippen LogP contribution is -2.60. The van der Waals surface area contributed by atoms with Crippen molar-refractivity contribution in [3.8, 4) is 0 Å². The van der Waals surface area contributed by atoms with Crippen LogP contribution in [0.5, 0.6) is 0 Å². The van der Waals surface area contributed by atoms with Gasteiger partial charge in [0.15, 0.2) is 6.29 Å². The number of aliphatic hydroxyl groups is 3. The van der Waals surface area contributed by atoms with Gasteiger partial charge in [-0.3, -0.25) is 0 Å². The zero-order valence-corrected chi connectivity index (χ0v) is 6.21. The van der Waals surface area contributed by atoms with Crippen LogP contribution in [0, 0.1) is 0 Å². The molecule has 66 valence electrons. The molecule has 3 unspecified atom stereocenters. The number of ether oxygens (including phenoxy) is 1. The summed E-state index contributed by atoms with van der Waals surface area (Å²) in [5, 5.41) is 27.4. The summed E-state index contributed by atoms with van der Waals surface area (Å²) in [5.74, 6) is 0. The SMILES string of the molecule is CC1OC(O)C(N)[C@@H](O)[C@H]1O. The average molecular weight is 163 g/mol. The number of nitrogens with two attached hydrogens (primary N) is 1. The molecule has 0 amide bonds. The molecule has 0 aromatic carbocycles. The lowest BCUT2D eigenvalue weighted by molar-refractivity contribution is -0.236. The van der Waals surface area contributed by atoms with Crippen LogP contribution >= 0.6 is 0 Å². The minimum absolute atomic E-state index is 0.584. The van der Waals surface area contributed by atoms with Crippen LogP contribution < -0.4 is 5.73 Å². The van der Waals surface area contributed by atoms with Gasteiger partial charge in [0.25, 0.3) is 0 Å². The van der Waals surface area contributed by atoms with Crippen molar-refractivity contribution in [2.75, 3.05) is 0 Å². The Morgan fingerprint density at radius 2 is 1.73 bits per heavy atom. The molecule has 0 bridgehead atoms. The maximum atomic E-state index is 9.17. The molecule has 11 heavy (non-hydrogen) atoms. The number of aliphatic hydroxyl groups excluding tert-OH is 3. The first-order valence-electron chi connectivity index (χ1n) is 3.49. The Hall–Kier alpha value is -0.200. The Labute approximate surface area is 64.4 Å². The maximum Gasteiger partial charge on any atom is 0.172 e. The van der Waals surface area contributed by atoms with Gasteiger partial charge in [-0.1, -0.05) is 0 Å². The maximum absolute atomic E-state index is 9.17. The second kappa shape index (κ2) is 3.04. The summed E-state index contributed by atoms with van der Waals surface area (Å²) in [4.78, 5) is 0. The zero-order chi connectivity index (χ0) is 8.59. The number of rotatable bonds is 0. The Morgan fingerprint density at radius 1 is 1.18 bits per heavy atom. The zero-order valence-electron chi connectivity index (χ0n) is 6.21. The summed E-state index contributed by atoms with van der Waals surface area (Å²) < 4.78 is 4.80. The quantitative estimate of drug-likeness (QED) is 0.324. The molecule has 0 aromatic heterocycles. The Morgan fingerprint density at radius 3 is 2.27 bits per heavy atom. The van der Waals surface area contributed by atoms with Crippen LogP contribution in [0.15, 0.2) is 0 Å². The molecule has 1 fully saturated rings. The number of hydrogen-bond acceptors (Lipinski definition) is 5. The first kappa shape index (κ1) is 8.89. The molecule has 5 nitrogen and oxygen atoms in total. The third-order valence-electron chi connectivity index (χ3n) is 1.91. The van der Waals surface area contributed by atoms with E-state index in [0.29, 0.717) is 0 Å². The summed E-state index contributed by atoms with van der Waals surface area (Å²) in [7, 11) is 0. The average Bonchev–Trinajstić information content (AvgIpc) is 1.97. The van der Waals surface area contributed by atoms with Crippen LogP contribution in [-0.2, 0) is 4.74 Å². The topological polar surface area (TPSA) is 95.9 Å². The van der Waals surface area contributed by atoms with Crippen LogP contribution in [-0.4, -0.2) is 46.0 Å². The van der Waals surface area contributed by atoms with Crippen LogP contribution in [0.1, 0.15) is 6.92 Å². The predicted molar refractivity (Wildman–Crippen MR) is 36.5 cm³/mol. The fourth-order valence-corrected chi connectivity index (χ4v) is 1.07. The molecule has 0 aromatic rings. The summed E-state index contributed by atoms with van der Waals surface area (Å²) in [5.41, 5.74) is 5.29. The van der Waals surface area contributed by atoms with Crippen molar-refractivity contribution < 1.29 is 20.1 Å². The van der Waals surface area contributed by atoms with Gasteiger partial charge < -0.3 is 25.8 Å². The molecule has 5 N–H and O–H groups in total. The third kappa shape index (κ3) is 1.52. The van der Waals surface area contributed by atoms with E-state index in [1.807, 2.05) is 0 Å². The predicted octanol–water partition coefficient (Wildman–Crippen LogP) is -2.23. The van der Waals surface area contributed by atoms with Gasteiger partial charge in [0.05, 0.1) is 12.1 Å². The van der Waals surface area contributed by atoms with E-state index in [9.17, 15) is 5.11 Å². The van der Waals surface area contributed by atoms with Gasteiger partial charge in [-0.15, -0.1) is 0 Å². The summed E-state index contributed by atoms with van der Waals surface area (Å²) >= 11 is 0. The molecule has 0 radical (unpaired) electrons. The first-order chi connectivity index (χ1) is 5.04. The van der Waals surface area contributed by atoms with E-state index in [2.05, 4.69) is 0 Å². The van der Waals surface area contributed by atoms with Crippen molar-refractivity contribution in [1.82, 2.24) is 0 Å². The smallest absolute Gasteiger partial charge is 0.172 e. The molecule has 1 heterocycles. The summed E-state index contributed by atoms with van der Waals surface area (Å²) in [6.45, 7) is 1.56. The first-order valence-corrected chi connectivity index (χ1v) is 3.49. The van der Waals surface area contributed by atoms with Crippen LogP contribution in [0.4, 0.5) is 0 Å². The van der Waals surface area contributed by atoms with Gasteiger partial charge in [-0.05, 0) is 6.92 Å². The largest absolute Gasteiger partial charge is 0.388 e. The van der Waals surface area contributed by atoms with Gasteiger partial charge in [-0.25, -0.2) is 0 Å². The molecule has 1 aliphatic heterocycles. The van der Waals surface area contributed by atoms with Gasteiger partial charge in [0, 0.05) is 0 Å². The van der Waals surface area contributed by atoms with Crippen molar-refractivity contribution in [1.29, 1.82) is 0 Å². The monoisotopic (exact) mass is 163 g/mol. The van der Waals surface area contributed by atoms with Crippen molar-refractivity contribution in [3.05, 3.63) is 0 Å². The minimum Gasteiger partial charge on any atom is -0.388 e. The highest BCUT2D eigenvalue weighted by molar-refractivity contribution is 4.88. The Balaban J connectivity index is 2.63. The van der Waals surface area contributed by atoms with E-state index in [-0.39, 0.29) is 0 Å². The van der Waals surface area contributed by atoms with E-state index in [1.54, 1.807) is 6.92 Å². The Kier molecular flexibility index (Phi) is 2.46. The molecule has 1 saturated heterocycles. The lowest BCUT2D eigenvalue weighted by Gasteiger charge is -2.37. The summed E-state index contributed by atoms with van der Waals surface area (Å²) in [6, 6.07) is -0.929. The molecular weight excluding hydrogens is 150 g/mol. The minimum atomic E-state index is -1.19. The van der Waals surface area contributed by atoms with Gasteiger partial charge >= 0.3 is 0 Å². The highest BCUT2D eigenvalue weighted by Crippen LogP contribution is 2.17. The van der Waals surface area contributed by atoms with Crippen molar-refractivity contribution in [2.45, 2.75) is 37.6 Å². The highest BCUT2D eigenvalue weighted by Gasteiger charge is 2.39. The van der Waals surface area contributed by atoms with E-state index >= 15 is 0 Å². The highest BCUT2D eigenvalue weighted by atomic mass is 16.6. The van der Waals surface area contributed by atoms with Gasteiger partial charge in [-0.2, -0.15) is 0 Å². The molecule has 0 saturated carbocycles. The Bertz CT molecular complexity index is 129. The second-order valence-corrected chi connectivity index (χ2v) is 2.79. The molecule has 1 aliphatic rings. The lowest BCUT2D eigenvalue weighted by atomic mass is 9.99. The van der Waals surface area contributed by atoms with Crippen LogP contribution in [0.3, 0.4) is 0 Å². The van der Waals surface area contributed by atoms with Gasteiger partial charge in [0.1, 0.15) is 12.2 Å². The normalized spacial score (nSPS) is 52.6. The van der Waals surface area contributed by atoms with Crippen LogP contribution in [0.25, 0.3) is 0 Å². The van der Waals surface area contributed by atoms with Gasteiger partial charge in [0.2, 0.25) is 0 Å². The molecule has 1 rings (SSSR count). The number of hydrogen-bond donors (Lipinski definition) is 4. The molecule has 0 spiro atoms. The molecule has 5 atom stereocenters. The van der Waals surface area contributed by atoms with Crippen molar-refractivity contribution in [3.63, 3.8) is 0 Å². The van der Waals surface area contributed by atoms with E-state index in [0.717, 1.165) is 0 Å². The van der Waals surface area contributed by atoms with Crippen molar-refractivity contribution in [2.24, 2.45) is 5.73 Å². The molecule has 0 aliphatic carbocycles. The van der Waals surface area contributed by atoms with E-state index in [4.69, 9.17) is 20.7 Å². The molecular formula is C6H13NO4. The standard InChI is InChI=1S/C6H13NO4/c1-2-4(8)5(9)3(7)6(10)11-2/h2-6,8-10H,7H2,1H3/t2?,3?,4-,5+,6?/m0/s1. The van der Waals surface area contributed by atoms with Crippen molar-refractivity contribution >= 4 is 0 Å².